The van der Waals surface area contributed by atoms with Gasteiger partial charge in [0, 0.05) is 25.1 Å². The van der Waals surface area contributed by atoms with Crippen LogP contribution < -0.4 is 10.6 Å². The lowest BCUT2D eigenvalue weighted by Gasteiger charge is -2.39. The molecule has 0 aromatic heterocycles. The van der Waals surface area contributed by atoms with Crippen LogP contribution in [0.4, 0.5) is 8.78 Å². The van der Waals surface area contributed by atoms with Crippen LogP contribution in [-0.4, -0.2) is 29.7 Å². The van der Waals surface area contributed by atoms with Gasteiger partial charge in [-0.2, -0.15) is 0 Å². The molecule has 1 amide bonds. The highest BCUT2D eigenvalue weighted by molar-refractivity contribution is 5.73. The normalized spacial score (nSPS) is 19.9. The molecular formula is C28H38F2N2O2. The number of aliphatic hydroxyl groups is 1. The van der Waals surface area contributed by atoms with E-state index >= 15 is 0 Å². The third-order valence-corrected chi connectivity index (χ3v) is 6.56. The summed E-state index contributed by atoms with van der Waals surface area (Å²) in [5.74, 6) is -1.66. The Morgan fingerprint density at radius 1 is 1.12 bits per heavy atom. The molecule has 0 saturated heterocycles. The summed E-state index contributed by atoms with van der Waals surface area (Å²) in [5.41, 5.74) is 4.14. The van der Waals surface area contributed by atoms with Gasteiger partial charge in [0.25, 0.3) is 0 Å². The summed E-state index contributed by atoms with van der Waals surface area (Å²) >= 11 is 0. The van der Waals surface area contributed by atoms with Crippen LogP contribution in [0.2, 0.25) is 0 Å². The van der Waals surface area contributed by atoms with Crippen LogP contribution in [0.1, 0.15) is 69.7 Å². The highest BCUT2D eigenvalue weighted by atomic mass is 19.1. The van der Waals surface area contributed by atoms with E-state index < -0.39 is 23.8 Å². The Balaban J connectivity index is 1.76. The van der Waals surface area contributed by atoms with Crippen LogP contribution in [0.5, 0.6) is 0 Å². The molecule has 0 heterocycles. The van der Waals surface area contributed by atoms with Crippen LogP contribution in [0.25, 0.3) is 0 Å². The summed E-state index contributed by atoms with van der Waals surface area (Å²) in [4.78, 5) is 11.8. The average Bonchev–Trinajstić information content (AvgIpc) is 2.70. The molecular weight excluding hydrogens is 434 g/mol. The molecule has 0 aliphatic heterocycles. The second kappa shape index (κ2) is 10.5. The monoisotopic (exact) mass is 472 g/mol. The number of amides is 1. The number of benzene rings is 2. The van der Waals surface area contributed by atoms with E-state index in [1.807, 2.05) is 0 Å². The number of carbonyl (C=O) groups is 1. The predicted molar refractivity (Wildman–Crippen MR) is 132 cm³/mol. The van der Waals surface area contributed by atoms with Crippen molar-refractivity contribution in [1.29, 1.82) is 0 Å². The minimum absolute atomic E-state index is 0.125. The third kappa shape index (κ3) is 7.09. The molecule has 1 aliphatic carbocycles. The summed E-state index contributed by atoms with van der Waals surface area (Å²) in [7, 11) is 0. The maximum atomic E-state index is 13.7. The first-order valence-corrected chi connectivity index (χ1v) is 12.1. The Kier molecular flexibility index (Phi) is 8.14. The van der Waals surface area contributed by atoms with Gasteiger partial charge >= 0.3 is 0 Å². The molecule has 3 atom stereocenters. The smallest absolute Gasteiger partial charge is 0.217 e. The van der Waals surface area contributed by atoms with Gasteiger partial charge < -0.3 is 15.7 Å². The predicted octanol–water partition coefficient (Wildman–Crippen LogP) is 4.80. The van der Waals surface area contributed by atoms with E-state index in [0.717, 1.165) is 31.7 Å². The van der Waals surface area contributed by atoms with Crippen LogP contribution in [0, 0.1) is 17.0 Å². The Morgan fingerprint density at radius 2 is 1.79 bits per heavy atom. The first kappa shape index (κ1) is 26.3. The van der Waals surface area contributed by atoms with E-state index in [1.165, 1.54) is 35.7 Å². The lowest BCUT2D eigenvalue weighted by molar-refractivity contribution is -0.120. The van der Waals surface area contributed by atoms with Crippen molar-refractivity contribution in [3.05, 3.63) is 70.3 Å². The topological polar surface area (TPSA) is 61.4 Å². The maximum Gasteiger partial charge on any atom is 0.217 e. The molecule has 0 bridgehead atoms. The van der Waals surface area contributed by atoms with E-state index in [9.17, 15) is 18.7 Å². The maximum absolute atomic E-state index is 13.7. The lowest BCUT2D eigenvalue weighted by atomic mass is 9.76. The molecule has 0 saturated carbocycles. The first-order chi connectivity index (χ1) is 15.8. The van der Waals surface area contributed by atoms with Crippen molar-refractivity contribution in [2.45, 2.75) is 84.4 Å². The van der Waals surface area contributed by atoms with E-state index in [2.05, 4.69) is 56.5 Å². The van der Waals surface area contributed by atoms with Crippen molar-refractivity contribution in [3.63, 3.8) is 0 Å². The van der Waals surface area contributed by atoms with Gasteiger partial charge in [0.1, 0.15) is 11.6 Å². The second-order valence-corrected chi connectivity index (χ2v) is 11.2. The zero-order chi connectivity index (χ0) is 25.1. The highest BCUT2D eigenvalue weighted by Crippen LogP contribution is 2.36. The van der Waals surface area contributed by atoms with Gasteiger partial charge in [0.2, 0.25) is 5.91 Å². The molecule has 3 rings (SSSR count). The molecule has 2 aromatic rings. The Bertz CT molecular complexity index is 998. The van der Waals surface area contributed by atoms with Crippen LogP contribution in [-0.2, 0) is 29.6 Å². The van der Waals surface area contributed by atoms with Crippen molar-refractivity contribution >= 4 is 5.91 Å². The van der Waals surface area contributed by atoms with Crippen LogP contribution in [0.3, 0.4) is 0 Å². The average molecular weight is 473 g/mol. The molecule has 0 fully saturated rings. The van der Waals surface area contributed by atoms with E-state index in [1.54, 1.807) is 0 Å². The molecule has 186 valence electrons. The van der Waals surface area contributed by atoms with Gasteiger partial charge in [0.15, 0.2) is 0 Å². The minimum Gasteiger partial charge on any atom is -0.390 e. The molecule has 1 unspecified atom stereocenters. The third-order valence-electron chi connectivity index (χ3n) is 6.56. The van der Waals surface area contributed by atoms with Crippen LogP contribution >= 0.6 is 0 Å². The number of fused-ring (bicyclic) bond motifs is 1. The zero-order valence-corrected chi connectivity index (χ0v) is 21.0. The first-order valence-electron chi connectivity index (χ1n) is 12.1. The number of aryl methyl sites for hydroxylation is 1. The van der Waals surface area contributed by atoms with Crippen molar-refractivity contribution in [2.75, 3.05) is 6.54 Å². The molecule has 0 spiro atoms. The molecule has 0 radical (unpaired) electrons. The van der Waals surface area contributed by atoms with E-state index in [4.69, 9.17) is 0 Å². The summed E-state index contributed by atoms with van der Waals surface area (Å²) in [6.45, 7) is 10.5. The van der Waals surface area contributed by atoms with Crippen LogP contribution in [0.15, 0.2) is 36.4 Å². The summed E-state index contributed by atoms with van der Waals surface area (Å²) in [6.07, 6.45) is 3.18. The number of rotatable bonds is 8. The van der Waals surface area contributed by atoms with Crippen molar-refractivity contribution in [1.82, 2.24) is 10.6 Å². The molecule has 2 aromatic carbocycles. The SMILES string of the molecule is CC(=O)N[C@@H](Cc1cc(F)cc(F)c1)[C@H](O)CNC1(C)CCCc2ccc(CC(C)(C)C)cc21. The van der Waals surface area contributed by atoms with E-state index in [0.29, 0.717) is 5.56 Å². The summed E-state index contributed by atoms with van der Waals surface area (Å²) in [6, 6.07) is 9.33. The van der Waals surface area contributed by atoms with Crippen molar-refractivity contribution < 1.29 is 18.7 Å². The fourth-order valence-corrected chi connectivity index (χ4v) is 5.03. The van der Waals surface area contributed by atoms with E-state index in [-0.39, 0.29) is 29.8 Å². The lowest BCUT2D eigenvalue weighted by Crippen LogP contribution is -2.52. The van der Waals surface area contributed by atoms with Crippen molar-refractivity contribution in [3.8, 4) is 0 Å². The van der Waals surface area contributed by atoms with Gasteiger partial charge in [-0.1, -0.05) is 39.0 Å². The second-order valence-electron chi connectivity index (χ2n) is 11.2. The Morgan fingerprint density at radius 3 is 2.41 bits per heavy atom. The fraction of sp³-hybridized carbons (Fsp3) is 0.536. The fourth-order valence-electron chi connectivity index (χ4n) is 5.03. The Labute approximate surface area is 202 Å². The molecule has 6 heteroatoms. The Hall–Kier alpha value is -2.31. The highest BCUT2D eigenvalue weighted by Gasteiger charge is 2.33. The van der Waals surface area contributed by atoms with Gasteiger partial charge in [-0.3, -0.25) is 4.79 Å². The number of hydrogen-bond donors (Lipinski definition) is 3. The van der Waals surface area contributed by atoms with Gasteiger partial charge in [-0.05, 0) is 78.8 Å². The molecule has 3 N–H and O–H groups in total. The molecule has 1 aliphatic rings. The number of halogens is 2. The summed E-state index contributed by atoms with van der Waals surface area (Å²) < 4.78 is 27.3. The number of nitrogens with one attached hydrogen (secondary N) is 2. The number of aliphatic hydroxyl groups excluding tert-OH is 1. The standard InChI is InChI=1S/C28H38F2N2O2/c1-18(33)32-25(14-20-11-22(29)15-23(30)12-20)26(34)17-31-28(5)10-6-7-21-9-8-19(13-24(21)28)16-27(2,3)4/h8-9,11-13,15,25-26,31,34H,6-7,10,14,16-17H2,1-5H3,(H,32,33)/t25-,26+,28?/m0/s1. The number of carbonyl (C=O) groups excluding carboxylic acids is 1. The quantitative estimate of drug-likeness (QED) is 0.517. The largest absolute Gasteiger partial charge is 0.390 e. The van der Waals surface area contributed by atoms with Gasteiger partial charge in [0.05, 0.1) is 12.1 Å². The number of hydrogen-bond acceptors (Lipinski definition) is 3. The molecule has 34 heavy (non-hydrogen) atoms. The van der Waals surface area contributed by atoms with Gasteiger partial charge in [-0.15, -0.1) is 0 Å². The van der Waals surface area contributed by atoms with Crippen molar-refractivity contribution in [2.24, 2.45) is 5.41 Å². The zero-order valence-electron chi connectivity index (χ0n) is 21.0. The van der Waals surface area contributed by atoms with Gasteiger partial charge in [-0.25, -0.2) is 8.78 Å². The molecule has 4 nitrogen and oxygen atoms in total. The minimum atomic E-state index is -0.935. The summed E-state index contributed by atoms with van der Waals surface area (Å²) in [5, 5.41) is 17.3.